The Labute approximate surface area is 205 Å². The van der Waals surface area contributed by atoms with Gasteiger partial charge in [-0.05, 0) is 49.7 Å². The molecule has 9 nitrogen and oxygen atoms in total. The number of H-pyrrole nitrogens is 2. The van der Waals surface area contributed by atoms with E-state index >= 15 is 0 Å². The number of morpholine rings is 1. The van der Waals surface area contributed by atoms with Gasteiger partial charge in [-0.25, -0.2) is 4.98 Å². The third kappa shape index (κ3) is 3.86. The lowest BCUT2D eigenvalue weighted by atomic mass is 9.88. The van der Waals surface area contributed by atoms with Gasteiger partial charge < -0.3 is 19.4 Å². The van der Waals surface area contributed by atoms with E-state index in [2.05, 4.69) is 27.0 Å². The first-order valence-electron chi connectivity index (χ1n) is 12.6. The highest BCUT2D eigenvalue weighted by Crippen LogP contribution is 2.59. The van der Waals surface area contributed by atoms with Crippen LogP contribution in [0.2, 0.25) is 0 Å². The Bertz CT molecular complexity index is 1280. The van der Waals surface area contributed by atoms with Crippen LogP contribution in [0.15, 0.2) is 12.1 Å². The van der Waals surface area contributed by atoms with Crippen LogP contribution in [0.1, 0.15) is 37.1 Å². The molecule has 186 valence electrons. The van der Waals surface area contributed by atoms with E-state index in [1.807, 2.05) is 26.1 Å². The number of nitrogens with one attached hydrogen (secondary N) is 2. The van der Waals surface area contributed by atoms with Gasteiger partial charge in [-0.15, -0.1) is 0 Å². The highest BCUT2D eigenvalue weighted by molar-refractivity contribution is 5.98. The van der Waals surface area contributed by atoms with Crippen molar-refractivity contribution >= 4 is 22.6 Å². The maximum atomic E-state index is 13.3. The van der Waals surface area contributed by atoms with Crippen molar-refractivity contribution in [2.75, 3.05) is 45.4 Å². The van der Waals surface area contributed by atoms with Gasteiger partial charge in [0.15, 0.2) is 5.82 Å². The second kappa shape index (κ2) is 8.43. The summed E-state index contributed by atoms with van der Waals surface area (Å²) in [4.78, 5) is 25.7. The molecule has 1 saturated heterocycles. The summed E-state index contributed by atoms with van der Waals surface area (Å²) < 4.78 is 10.9. The first kappa shape index (κ1) is 22.7. The molecular weight excluding hydrogens is 444 g/mol. The first-order valence-corrected chi connectivity index (χ1v) is 12.6. The average molecular weight is 479 g/mol. The van der Waals surface area contributed by atoms with Crippen LogP contribution in [-0.4, -0.2) is 77.5 Å². The number of fused-ring (bicyclic) bond motifs is 3. The average Bonchev–Trinajstić information content (AvgIpc) is 3.16. The summed E-state index contributed by atoms with van der Waals surface area (Å²) >= 11 is 0. The topological polar surface area (TPSA) is 99.4 Å². The molecule has 3 aliphatic rings. The minimum absolute atomic E-state index is 0.0548. The molecule has 6 rings (SSSR count). The van der Waals surface area contributed by atoms with E-state index in [4.69, 9.17) is 14.5 Å². The molecule has 1 aromatic carbocycles. The summed E-state index contributed by atoms with van der Waals surface area (Å²) in [5.41, 5.74) is 7.42. The summed E-state index contributed by atoms with van der Waals surface area (Å²) in [6.07, 6.45) is 3.41. The van der Waals surface area contributed by atoms with Gasteiger partial charge in [-0.3, -0.25) is 14.8 Å². The number of methoxy groups -OCH3 is 1. The lowest BCUT2D eigenvalue weighted by Gasteiger charge is -2.33. The smallest absolute Gasteiger partial charge is 0.243 e. The Balaban J connectivity index is 1.33. The number of amides is 1. The van der Waals surface area contributed by atoms with E-state index < -0.39 is 0 Å². The number of ether oxygens (including phenoxy) is 2. The van der Waals surface area contributed by atoms with Crippen LogP contribution in [0.4, 0.5) is 5.69 Å². The molecule has 0 radical (unpaired) electrons. The summed E-state index contributed by atoms with van der Waals surface area (Å²) in [6, 6.07) is 3.78. The number of likely N-dealkylation sites (N-methyl/N-ethyl adjacent to an activating group) is 1. The standard InChI is InChI=1S/C26H34N6O3/c1-15(32-5-7-35-8-6-32)25(33)31(3)18-9-16(14-34-4)22-20(11-18)27-24(28-22)23-19-10-17-12-26(17,2)13-21(19)29-30-23/h9,11,15,17H,5-8,10,12-14H2,1-4H3,(H,27,28)(H,29,30)/t15?,17-,26-/m1/s1. The number of rotatable bonds is 6. The van der Waals surface area contributed by atoms with E-state index in [0.717, 1.165) is 65.7 Å². The molecule has 2 aliphatic carbocycles. The Morgan fingerprint density at radius 3 is 2.94 bits per heavy atom. The zero-order chi connectivity index (χ0) is 24.3. The molecule has 2 N–H and O–H groups in total. The Morgan fingerprint density at radius 1 is 1.37 bits per heavy atom. The van der Waals surface area contributed by atoms with Crippen molar-refractivity contribution in [1.82, 2.24) is 25.1 Å². The van der Waals surface area contributed by atoms with Gasteiger partial charge in [-0.2, -0.15) is 5.10 Å². The molecule has 1 aliphatic heterocycles. The second-order valence-corrected chi connectivity index (χ2v) is 10.7. The molecule has 9 heteroatoms. The highest BCUT2D eigenvalue weighted by atomic mass is 16.5. The van der Waals surface area contributed by atoms with Gasteiger partial charge in [0.05, 0.1) is 36.9 Å². The molecule has 0 spiro atoms. The molecule has 0 bridgehead atoms. The summed E-state index contributed by atoms with van der Waals surface area (Å²) in [6.45, 7) is 7.63. The Kier molecular flexibility index (Phi) is 5.47. The van der Waals surface area contributed by atoms with Crippen molar-refractivity contribution in [2.24, 2.45) is 11.3 Å². The van der Waals surface area contributed by atoms with E-state index in [0.29, 0.717) is 25.2 Å². The van der Waals surface area contributed by atoms with E-state index in [-0.39, 0.29) is 11.9 Å². The fraction of sp³-hybridized carbons (Fsp3) is 0.577. The maximum absolute atomic E-state index is 13.3. The predicted octanol–water partition coefficient (Wildman–Crippen LogP) is 2.91. The molecule has 3 atom stereocenters. The van der Waals surface area contributed by atoms with Crippen molar-refractivity contribution in [3.8, 4) is 11.5 Å². The summed E-state index contributed by atoms with van der Waals surface area (Å²) in [5.74, 6) is 1.57. The third-order valence-corrected chi connectivity index (χ3v) is 8.37. The number of aromatic nitrogens is 4. The van der Waals surface area contributed by atoms with Gasteiger partial charge in [0, 0.05) is 49.8 Å². The van der Waals surface area contributed by atoms with Gasteiger partial charge >= 0.3 is 0 Å². The number of imidazole rings is 1. The quantitative estimate of drug-likeness (QED) is 0.565. The van der Waals surface area contributed by atoms with E-state index in [1.54, 1.807) is 12.0 Å². The summed E-state index contributed by atoms with van der Waals surface area (Å²) in [5, 5.41) is 7.93. The van der Waals surface area contributed by atoms with Crippen LogP contribution in [0.25, 0.3) is 22.6 Å². The Morgan fingerprint density at radius 2 is 2.17 bits per heavy atom. The summed E-state index contributed by atoms with van der Waals surface area (Å²) in [7, 11) is 3.52. The van der Waals surface area contributed by atoms with Gasteiger partial charge in [0.25, 0.3) is 0 Å². The normalized spacial score (nSPS) is 24.7. The first-order chi connectivity index (χ1) is 16.9. The zero-order valence-electron chi connectivity index (χ0n) is 21.0. The maximum Gasteiger partial charge on any atom is 0.243 e. The van der Waals surface area contributed by atoms with Crippen LogP contribution in [0.3, 0.4) is 0 Å². The van der Waals surface area contributed by atoms with Crippen LogP contribution >= 0.6 is 0 Å². The van der Waals surface area contributed by atoms with Crippen molar-refractivity contribution in [3.05, 3.63) is 29.0 Å². The van der Waals surface area contributed by atoms with E-state index in [9.17, 15) is 4.79 Å². The molecule has 1 saturated carbocycles. The minimum Gasteiger partial charge on any atom is -0.380 e. The van der Waals surface area contributed by atoms with Crippen LogP contribution < -0.4 is 4.90 Å². The molecule has 3 heterocycles. The van der Waals surface area contributed by atoms with Gasteiger partial charge in [-0.1, -0.05) is 6.92 Å². The second-order valence-electron chi connectivity index (χ2n) is 10.7. The van der Waals surface area contributed by atoms with Crippen LogP contribution in [-0.2, 0) is 33.7 Å². The monoisotopic (exact) mass is 478 g/mol. The Hall–Kier alpha value is -2.75. The largest absolute Gasteiger partial charge is 0.380 e. The van der Waals surface area contributed by atoms with Gasteiger partial charge in [0.2, 0.25) is 5.91 Å². The molecule has 2 aromatic heterocycles. The van der Waals surface area contributed by atoms with Gasteiger partial charge in [0.1, 0.15) is 5.69 Å². The SMILES string of the molecule is COCc1cc(N(C)C(=O)C(C)N2CCOCC2)cc2nc(-c3n[nH]c4c3C[C@@H]3C[C@]3(C)C4)[nH]c12. The highest BCUT2D eigenvalue weighted by Gasteiger charge is 2.53. The fourth-order valence-corrected chi connectivity index (χ4v) is 5.92. The molecule has 3 aromatic rings. The van der Waals surface area contributed by atoms with Crippen LogP contribution in [0.5, 0.6) is 0 Å². The molecule has 1 amide bonds. The third-order valence-electron chi connectivity index (χ3n) is 8.37. The van der Waals surface area contributed by atoms with Crippen molar-refractivity contribution in [2.45, 2.75) is 45.8 Å². The lowest BCUT2D eigenvalue weighted by molar-refractivity contribution is -0.124. The number of benzene rings is 1. The predicted molar refractivity (Wildman–Crippen MR) is 133 cm³/mol. The number of carbonyl (C=O) groups is 1. The van der Waals surface area contributed by atoms with Crippen LogP contribution in [0, 0.1) is 11.3 Å². The van der Waals surface area contributed by atoms with E-state index in [1.165, 1.54) is 17.7 Å². The minimum atomic E-state index is -0.219. The number of nitrogens with zero attached hydrogens (tertiary/aromatic N) is 4. The fourth-order valence-electron chi connectivity index (χ4n) is 5.92. The number of anilines is 1. The number of hydrogen-bond acceptors (Lipinski definition) is 6. The van der Waals surface area contributed by atoms with Crippen molar-refractivity contribution < 1.29 is 14.3 Å². The number of carbonyl (C=O) groups excluding carboxylic acids is 1. The molecule has 35 heavy (non-hydrogen) atoms. The number of aromatic amines is 2. The van der Waals surface area contributed by atoms with Crippen molar-refractivity contribution in [3.63, 3.8) is 0 Å². The van der Waals surface area contributed by atoms with Crippen molar-refractivity contribution in [1.29, 1.82) is 0 Å². The molecular formula is C26H34N6O3. The molecule has 2 fully saturated rings. The zero-order valence-corrected chi connectivity index (χ0v) is 21.0. The number of hydrogen-bond donors (Lipinski definition) is 2. The molecule has 1 unspecified atom stereocenters. The lowest BCUT2D eigenvalue weighted by Crippen LogP contribution is -2.50.